The maximum Gasteiger partial charge on any atom is 0.223 e. The Hall–Kier alpha value is -0.610. The summed E-state index contributed by atoms with van der Waals surface area (Å²) in [6, 6.07) is 0.617. The lowest BCUT2D eigenvalue weighted by atomic mass is 10.1. The number of hydrogen-bond acceptors (Lipinski definition) is 3. The number of piperazine rings is 1. The Bertz CT molecular complexity index is 223. The summed E-state index contributed by atoms with van der Waals surface area (Å²) in [4.78, 5) is 16.3. The molecule has 4 nitrogen and oxygen atoms in total. The molecule has 1 amide bonds. The third-order valence-corrected chi connectivity index (χ3v) is 3.71. The van der Waals surface area contributed by atoms with E-state index < -0.39 is 0 Å². The molecule has 0 unspecified atom stereocenters. The number of nitrogens with one attached hydrogen (secondary N) is 1. The van der Waals surface area contributed by atoms with E-state index >= 15 is 0 Å². The van der Waals surface area contributed by atoms with Crippen LogP contribution in [0.25, 0.3) is 0 Å². The molecule has 1 rings (SSSR count). The van der Waals surface area contributed by atoms with Crippen molar-refractivity contribution in [3.05, 3.63) is 0 Å². The number of carbonyl (C=O) groups is 1. The van der Waals surface area contributed by atoms with Crippen molar-refractivity contribution in [2.45, 2.75) is 39.2 Å². The molecule has 0 saturated carbocycles. The molecule has 0 spiro atoms. The van der Waals surface area contributed by atoms with Crippen molar-refractivity contribution < 1.29 is 4.79 Å². The monoisotopic (exact) mass is 241 g/mol. The first-order chi connectivity index (χ1) is 8.19. The molecule has 0 aromatic rings. The zero-order valence-electron chi connectivity index (χ0n) is 11.5. The van der Waals surface area contributed by atoms with Gasteiger partial charge in [-0.2, -0.15) is 0 Å². The maximum absolute atomic E-state index is 12.0. The standard InChI is InChI=1S/C13H27N3O/c1-4-12(5-2)15(3)9-6-13(17)16-10-7-14-8-11-16/h12,14H,4-11H2,1-3H3. The van der Waals surface area contributed by atoms with Crippen LogP contribution in [-0.2, 0) is 4.79 Å². The van der Waals surface area contributed by atoms with Gasteiger partial charge in [0.1, 0.15) is 0 Å². The minimum absolute atomic E-state index is 0.310. The normalized spacial score (nSPS) is 16.9. The lowest BCUT2D eigenvalue weighted by Gasteiger charge is -2.30. The van der Waals surface area contributed by atoms with Crippen LogP contribution in [0, 0.1) is 0 Å². The lowest BCUT2D eigenvalue weighted by molar-refractivity contribution is -0.132. The van der Waals surface area contributed by atoms with E-state index in [1.54, 1.807) is 0 Å². The fraction of sp³-hybridized carbons (Fsp3) is 0.923. The Morgan fingerprint density at radius 2 is 1.88 bits per heavy atom. The van der Waals surface area contributed by atoms with Crippen LogP contribution in [0.15, 0.2) is 0 Å². The minimum atomic E-state index is 0.310. The van der Waals surface area contributed by atoms with Crippen molar-refractivity contribution in [3.8, 4) is 0 Å². The molecular formula is C13H27N3O. The number of hydrogen-bond donors (Lipinski definition) is 1. The van der Waals surface area contributed by atoms with E-state index in [0.717, 1.165) is 45.6 Å². The molecule has 1 fully saturated rings. The van der Waals surface area contributed by atoms with E-state index in [2.05, 4.69) is 31.1 Å². The molecule has 0 aromatic carbocycles. The Labute approximate surface area is 105 Å². The lowest BCUT2D eigenvalue weighted by Crippen LogP contribution is -2.47. The number of carbonyl (C=O) groups excluding carboxylic acids is 1. The highest BCUT2D eigenvalue weighted by Crippen LogP contribution is 2.07. The minimum Gasteiger partial charge on any atom is -0.340 e. The first-order valence-electron chi connectivity index (χ1n) is 6.87. The molecule has 0 aromatic heterocycles. The summed E-state index contributed by atoms with van der Waals surface area (Å²) in [5.74, 6) is 0.310. The molecule has 1 N–H and O–H groups in total. The van der Waals surface area contributed by atoms with Crippen LogP contribution in [0.3, 0.4) is 0 Å². The SMILES string of the molecule is CCC(CC)N(C)CCC(=O)N1CCNCC1. The summed E-state index contributed by atoms with van der Waals surface area (Å²) < 4.78 is 0. The highest BCUT2D eigenvalue weighted by molar-refractivity contribution is 5.76. The second-order valence-electron chi connectivity index (χ2n) is 4.83. The van der Waals surface area contributed by atoms with E-state index in [1.807, 2.05) is 4.90 Å². The fourth-order valence-corrected chi connectivity index (χ4v) is 2.44. The molecule has 100 valence electrons. The Balaban J connectivity index is 2.26. The first-order valence-corrected chi connectivity index (χ1v) is 6.87. The van der Waals surface area contributed by atoms with Gasteiger partial charge in [0.25, 0.3) is 0 Å². The van der Waals surface area contributed by atoms with Gasteiger partial charge in [0.05, 0.1) is 0 Å². The van der Waals surface area contributed by atoms with Crippen LogP contribution in [0.5, 0.6) is 0 Å². The van der Waals surface area contributed by atoms with Crippen molar-refractivity contribution in [1.29, 1.82) is 0 Å². The van der Waals surface area contributed by atoms with Crippen LogP contribution >= 0.6 is 0 Å². The highest BCUT2D eigenvalue weighted by atomic mass is 16.2. The van der Waals surface area contributed by atoms with Crippen LogP contribution in [0.1, 0.15) is 33.1 Å². The van der Waals surface area contributed by atoms with Crippen molar-refractivity contribution in [2.24, 2.45) is 0 Å². The van der Waals surface area contributed by atoms with Crippen molar-refractivity contribution in [2.75, 3.05) is 39.8 Å². The summed E-state index contributed by atoms with van der Waals surface area (Å²) in [5, 5.41) is 3.27. The van der Waals surface area contributed by atoms with Gasteiger partial charge in [0.15, 0.2) is 0 Å². The molecule has 17 heavy (non-hydrogen) atoms. The van der Waals surface area contributed by atoms with Crippen LogP contribution in [0.2, 0.25) is 0 Å². The third-order valence-electron chi connectivity index (χ3n) is 3.71. The van der Waals surface area contributed by atoms with E-state index in [9.17, 15) is 4.79 Å². The summed E-state index contributed by atoms with van der Waals surface area (Å²) in [5.41, 5.74) is 0. The molecule has 1 heterocycles. The van der Waals surface area contributed by atoms with Crippen LogP contribution < -0.4 is 5.32 Å². The van der Waals surface area contributed by atoms with Gasteiger partial charge < -0.3 is 15.1 Å². The number of nitrogens with zero attached hydrogens (tertiary/aromatic N) is 2. The average Bonchev–Trinajstić information content (AvgIpc) is 2.38. The molecule has 1 saturated heterocycles. The topological polar surface area (TPSA) is 35.6 Å². The van der Waals surface area contributed by atoms with E-state index in [-0.39, 0.29) is 0 Å². The molecule has 0 radical (unpaired) electrons. The Kier molecular flexibility index (Phi) is 6.52. The molecule has 1 aliphatic heterocycles. The molecule has 1 aliphatic rings. The number of amides is 1. The van der Waals surface area contributed by atoms with Gasteiger partial charge in [-0.15, -0.1) is 0 Å². The second kappa shape index (κ2) is 7.67. The molecule has 0 atom stereocenters. The largest absolute Gasteiger partial charge is 0.340 e. The zero-order valence-corrected chi connectivity index (χ0v) is 11.5. The summed E-state index contributed by atoms with van der Waals surface area (Å²) in [6.07, 6.45) is 2.98. The van der Waals surface area contributed by atoms with E-state index in [1.165, 1.54) is 0 Å². The van der Waals surface area contributed by atoms with Gasteiger partial charge >= 0.3 is 0 Å². The van der Waals surface area contributed by atoms with E-state index in [0.29, 0.717) is 18.4 Å². The van der Waals surface area contributed by atoms with Gasteiger partial charge in [-0.1, -0.05) is 13.8 Å². The van der Waals surface area contributed by atoms with Crippen molar-refractivity contribution >= 4 is 5.91 Å². The van der Waals surface area contributed by atoms with Gasteiger partial charge in [-0.3, -0.25) is 4.79 Å². The summed E-state index contributed by atoms with van der Waals surface area (Å²) >= 11 is 0. The van der Waals surface area contributed by atoms with Gasteiger partial charge in [0.2, 0.25) is 5.91 Å². The van der Waals surface area contributed by atoms with Gasteiger partial charge in [-0.25, -0.2) is 0 Å². The highest BCUT2D eigenvalue weighted by Gasteiger charge is 2.17. The zero-order chi connectivity index (χ0) is 12.7. The smallest absolute Gasteiger partial charge is 0.223 e. The quantitative estimate of drug-likeness (QED) is 0.751. The van der Waals surface area contributed by atoms with E-state index in [4.69, 9.17) is 0 Å². The maximum atomic E-state index is 12.0. The van der Waals surface area contributed by atoms with Crippen molar-refractivity contribution in [3.63, 3.8) is 0 Å². The Morgan fingerprint density at radius 1 is 1.29 bits per heavy atom. The molecule has 4 heteroatoms. The predicted octanol–water partition coefficient (Wildman–Crippen LogP) is 0.929. The fourth-order valence-electron chi connectivity index (χ4n) is 2.44. The van der Waals surface area contributed by atoms with Crippen molar-refractivity contribution in [1.82, 2.24) is 15.1 Å². The molecular weight excluding hydrogens is 214 g/mol. The molecule has 0 bridgehead atoms. The van der Waals surface area contributed by atoms with Gasteiger partial charge in [-0.05, 0) is 19.9 Å². The summed E-state index contributed by atoms with van der Waals surface area (Å²) in [6.45, 7) is 8.92. The average molecular weight is 241 g/mol. The predicted molar refractivity (Wildman–Crippen MR) is 71.1 cm³/mol. The number of rotatable bonds is 6. The summed E-state index contributed by atoms with van der Waals surface area (Å²) in [7, 11) is 2.13. The van der Waals surface area contributed by atoms with Crippen LogP contribution in [-0.4, -0.2) is 61.5 Å². The Morgan fingerprint density at radius 3 is 2.41 bits per heavy atom. The third kappa shape index (κ3) is 4.64. The van der Waals surface area contributed by atoms with Crippen LogP contribution in [0.4, 0.5) is 0 Å². The second-order valence-corrected chi connectivity index (χ2v) is 4.83. The molecule has 0 aliphatic carbocycles. The van der Waals surface area contributed by atoms with Gasteiger partial charge in [0, 0.05) is 45.2 Å². The first kappa shape index (κ1) is 14.5.